The van der Waals surface area contributed by atoms with Gasteiger partial charge in [0.1, 0.15) is 11.5 Å². The van der Waals surface area contributed by atoms with Crippen LogP contribution in [-0.4, -0.2) is 23.7 Å². The number of benzene rings is 1. The molecule has 0 spiro atoms. The molecule has 3 unspecified atom stereocenters. The highest BCUT2D eigenvalue weighted by atomic mass is 19.1. The smallest absolute Gasteiger partial charge is 0.295 e. The number of hydrogen-bond acceptors (Lipinski definition) is 4. The number of nitro benzene ring substituents is 1. The molecule has 1 aromatic rings. The van der Waals surface area contributed by atoms with E-state index in [0.717, 1.165) is 19.1 Å². The molecular formula is C14H17FN2O3. The molecule has 3 rings (SSSR count). The molecule has 1 heterocycles. The number of nitrogens with zero attached hydrogens (tertiary/aromatic N) is 1. The Morgan fingerprint density at radius 3 is 2.95 bits per heavy atom. The lowest BCUT2D eigenvalue weighted by Gasteiger charge is -2.54. The maximum absolute atomic E-state index is 13.2. The highest BCUT2D eigenvalue weighted by molar-refractivity contribution is 5.62. The van der Waals surface area contributed by atoms with Crippen molar-refractivity contribution in [3.63, 3.8) is 0 Å². The molecule has 0 bridgehead atoms. The van der Waals surface area contributed by atoms with Gasteiger partial charge < -0.3 is 10.1 Å². The summed E-state index contributed by atoms with van der Waals surface area (Å²) < 4.78 is 18.9. The van der Waals surface area contributed by atoms with Crippen LogP contribution in [0.5, 0.6) is 0 Å². The van der Waals surface area contributed by atoms with Crippen LogP contribution in [0.4, 0.5) is 15.8 Å². The van der Waals surface area contributed by atoms with E-state index in [-0.39, 0.29) is 23.2 Å². The first kappa shape index (κ1) is 13.3. The Balaban J connectivity index is 1.87. The summed E-state index contributed by atoms with van der Waals surface area (Å²) in [5.74, 6) is -0.230. The summed E-state index contributed by atoms with van der Waals surface area (Å²) in [6.45, 7) is 4.92. The Labute approximate surface area is 116 Å². The van der Waals surface area contributed by atoms with Gasteiger partial charge in [-0.25, -0.2) is 4.39 Å². The quantitative estimate of drug-likeness (QED) is 0.683. The van der Waals surface area contributed by atoms with Gasteiger partial charge in [0.25, 0.3) is 5.69 Å². The van der Waals surface area contributed by atoms with Crippen LogP contribution in [0.3, 0.4) is 0 Å². The van der Waals surface area contributed by atoms with Crippen molar-refractivity contribution in [3.05, 3.63) is 34.1 Å². The van der Waals surface area contributed by atoms with Crippen LogP contribution >= 0.6 is 0 Å². The van der Waals surface area contributed by atoms with Crippen molar-refractivity contribution in [1.82, 2.24) is 0 Å². The normalized spacial score (nSPS) is 30.4. The Kier molecular flexibility index (Phi) is 2.93. The van der Waals surface area contributed by atoms with E-state index >= 15 is 0 Å². The minimum Gasteiger partial charge on any atom is -0.377 e. The Hall–Kier alpha value is -1.69. The molecule has 1 saturated carbocycles. The average molecular weight is 280 g/mol. The molecule has 0 radical (unpaired) electrons. The molecule has 108 valence electrons. The lowest BCUT2D eigenvalue weighted by Crippen LogP contribution is -2.63. The molecule has 5 nitrogen and oxygen atoms in total. The number of halogens is 1. The van der Waals surface area contributed by atoms with Crippen molar-refractivity contribution in [2.75, 3.05) is 11.9 Å². The highest BCUT2D eigenvalue weighted by Crippen LogP contribution is 2.53. The van der Waals surface area contributed by atoms with E-state index in [1.54, 1.807) is 0 Å². The largest absolute Gasteiger partial charge is 0.377 e. The van der Waals surface area contributed by atoms with Gasteiger partial charge in [-0.3, -0.25) is 10.1 Å². The fourth-order valence-electron chi connectivity index (χ4n) is 3.56. The molecule has 1 aliphatic heterocycles. The number of hydrogen-bond donors (Lipinski definition) is 1. The van der Waals surface area contributed by atoms with Crippen molar-refractivity contribution in [2.24, 2.45) is 11.3 Å². The van der Waals surface area contributed by atoms with Crippen molar-refractivity contribution in [1.29, 1.82) is 0 Å². The molecule has 0 amide bonds. The molecular weight excluding hydrogens is 263 g/mol. The summed E-state index contributed by atoms with van der Waals surface area (Å²) in [4.78, 5) is 10.5. The van der Waals surface area contributed by atoms with Gasteiger partial charge in [0.05, 0.1) is 17.1 Å². The van der Waals surface area contributed by atoms with Gasteiger partial charge in [0.15, 0.2) is 0 Å². The molecule has 6 heteroatoms. The van der Waals surface area contributed by atoms with Crippen LogP contribution in [0.2, 0.25) is 0 Å². The van der Waals surface area contributed by atoms with Gasteiger partial charge in [-0.15, -0.1) is 0 Å². The first-order valence-electron chi connectivity index (χ1n) is 6.73. The topological polar surface area (TPSA) is 64.4 Å². The zero-order chi connectivity index (χ0) is 14.5. The number of nitro groups is 1. The molecule has 2 fully saturated rings. The highest BCUT2D eigenvalue weighted by Gasteiger charge is 2.59. The fraction of sp³-hybridized carbons (Fsp3) is 0.571. The summed E-state index contributed by atoms with van der Waals surface area (Å²) in [5, 5.41) is 14.3. The van der Waals surface area contributed by atoms with E-state index in [1.165, 1.54) is 12.1 Å². The van der Waals surface area contributed by atoms with E-state index in [1.807, 2.05) is 0 Å². The summed E-state index contributed by atoms with van der Waals surface area (Å²) in [7, 11) is 0. The van der Waals surface area contributed by atoms with Crippen LogP contribution in [0.15, 0.2) is 18.2 Å². The molecule has 2 aliphatic rings. The second-order valence-electron chi connectivity index (χ2n) is 6.11. The van der Waals surface area contributed by atoms with Crippen molar-refractivity contribution in [2.45, 2.75) is 32.4 Å². The van der Waals surface area contributed by atoms with Crippen molar-refractivity contribution in [3.8, 4) is 0 Å². The molecule has 3 atom stereocenters. The van der Waals surface area contributed by atoms with Gasteiger partial charge in [0, 0.05) is 24.0 Å². The van der Waals surface area contributed by atoms with Crippen LogP contribution < -0.4 is 5.32 Å². The standard InChI is InChI=1S/C14H17FN2O3/c1-14(2)12(9-5-6-20-13(9)14)16-10-4-3-8(15)7-11(10)17(18)19/h3-4,7,9,12-13,16H,5-6H2,1-2H3. The van der Waals surface area contributed by atoms with Crippen molar-refractivity contribution < 1.29 is 14.1 Å². The monoisotopic (exact) mass is 280 g/mol. The predicted molar refractivity (Wildman–Crippen MR) is 72.1 cm³/mol. The Bertz CT molecular complexity index is 561. The van der Waals surface area contributed by atoms with Crippen LogP contribution in [0, 0.1) is 27.3 Å². The summed E-state index contributed by atoms with van der Waals surface area (Å²) in [5.41, 5.74) is 0.0756. The average Bonchev–Trinajstić information content (AvgIpc) is 2.83. The fourth-order valence-corrected chi connectivity index (χ4v) is 3.56. The van der Waals surface area contributed by atoms with Gasteiger partial charge in [-0.05, 0) is 18.6 Å². The SMILES string of the molecule is CC1(C)C(Nc2ccc(F)cc2[N+](=O)[O-])C2CCOC21. The zero-order valence-corrected chi connectivity index (χ0v) is 11.4. The molecule has 1 saturated heterocycles. The van der Waals surface area contributed by atoms with Gasteiger partial charge >= 0.3 is 0 Å². The van der Waals surface area contributed by atoms with Gasteiger partial charge in [0.2, 0.25) is 0 Å². The molecule has 0 aromatic heterocycles. The zero-order valence-electron chi connectivity index (χ0n) is 11.4. The Morgan fingerprint density at radius 1 is 1.50 bits per heavy atom. The molecule has 1 N–H and O–H groups in total. The lowest BCUT2D eigenvalue weighted by molar-refractivity contribution is -0.384. The van der Waals surface area contributed by atoms with Gasteiger partial charge in [-0.1, -0.05) is 13.8 Å². The number of anilines is 1. The minimum absolute atomic E-state index is 0.0799. The van der Waals surface area contributed by atoms with E-state index < -0.39 is 10.7 Å². The second kappa shape index (κ2) is 4.41. The van der Waals surface area contributed by atoms with E-state index in [4.69, 9.17) is 4.74 Å². The number of ether oxygens (including phenoxy) is 1. The minimum atomic E-state index is -0.600. The lowest BCUT2D eigenvalue weighted by atomic mass is 9.57. The van der Waals surface area contributed by atoms with Crippen LogP contribution in [0.1, 0.15) is 20.3 Å². The number of rotatable bonds is 3. The second-order valence-corrected chi connectivity index (χ2v) is 6.11. The first-order valence-corrected chi connectivity index (χ1v) is 6.73. The van der Waals surface area contributed by atoms with Crippen LogP contribution in [0.25, 0.3) is 0 Å². The summed E-state index contributed by atoms with van der Waals surface area (Å²) in [6, 6.07) is 3.74. The third-order valence-electron chi connectivity index (χ3n) is 4.57. The number of nitrogens with one attached hydrogen (secondary N) is 1. The third kappa shape index (κ3) is 1.86. The maximum Gasteiger partial charge on any atom is 0.295 e. The van der Waals surface area contributed by atoms with E-state index in [9.17, 15) is 14.5 Å². The summed E-state index contributed by atoms with van der Waals surface area (Å²) in [6.07, 6.45) is 1.17. The predicted octanol–water partition coefficient (Wildman–Crippen LogP) is 2.96. The third-order valence-corrected chi connectivity index (χ3v) is 4.57. The summed E-state index contributed by atoms with van der Waals surface area (Å²) >= 11 is 0. The van der Waals surface area contributed by atoms with E-state index in [2.05, 4.69) is 19.2 Å². The Morgan fingerprint density at radius 2 is 2.25 bits per heavy atom. The van der Waals surface area contributed by atoms with Crippen LogP contribution in [-0.2, 0) is 4.74 Å². The molecule has 1 aliphatic carbocycles. The maximum atomic E-state index is 13.2. The number of fused-ring (bicyclic) bond motifs is 1. The van der Waals surface area contributed by atoms with E-state index in [0.29, 0.717) is 11.6 Å². The van der Waals surface area contributed by atoms with Gasteiger partial charge in [-0.2, -0.15) is 0 Å². The molecule has 20 heavy (non-hydrogen) atoms. The van der Waals surface area contributed by atoms with Crippen molar-refractivity contribution >= 4 is 11.4 Å². The molecule has 1 aromatic carbocycles. The first-order chi connectivity index (χ1) is 9.41.